The molecule has 0 spiro atoms. The molecule has 0 amide bonds. The Morgan fingerprint density at radius 3 is 1.89 bits per heavy atom. The lowest BCUT2D eigenvalue weighted by Crippen LogP contribution is -2.39. The van der Waals surface area contributed by atoms with E-state index in [-0.39, 0.29) is 0 Å². The third-order valence-corrected chi connectivity index (χ3v) is 4.16. The molecule has 0 atom stereocenters. The van der Waals surface area contributed by atoms with E-state index < -0.39 is 0 Å². The number of nitrogens with two attached hydrogens (primary N) is 1. The lowest BCUT2D eigenvalue weighted by atomic mass is 10.2. The molecule has 3 N–H and O–H groups in total. The average Bonchev–Trinajstić information content (AvgIpc) is 3.27. The Morgan fingerprint density at radius 1 is 0.889 bits per heavy atom. The van der Waals surface area contributed by atoms with Crippen LogP contribution in [-0.4, -0.2) is 25.7 Å². The summed E-state index contributed by atoms with van der Waals surface area (Å²) in [5.41, 5.74) is 4.88. The number of rotatable bonds is 3. The topological polar surface area (TPSA) is 84.4 Å². The molecule has 7 heteroatoms. The molecule has 1 aromatic heterocycles. The Labute approximate surface area is 157 Å². The van der Waals surface area contributed by atoms with E-state index in [2.05, 4.69) is 34.6 Å². The van der Waals surface area contributed by atoms with Crippen molar-refractivity contribution in [3.05, 3.63) is 72.6 Å². The first-order valence-corrected chi connectivity index (χ1v) is 8.82. The Kier molecular flexibility index (Phi) is 4.43. The lowest BCUT2D eigenvalue weighted by molar-refractivity contribution is 0.517. The van der Waals surface area contributed by atoms with Crippen LogP contribution >= 0.6 is 0 Å². The quantitative estimate of drug-likeness (QED) is 0.702. The van der Waals surface area contributed by atoms with Gasteiger partial charge in [-0.1, -0.05) is 74.5 Å². The van der Waals surface area contributed by atoms with Crippen LogP contribution in [0.25, 0.3) is 22.8 Å². The summed E-state index contributed by atoms with van der Waals surface area (Å²) in [5.74, 6) is 9.28. The van der Waals surface area contributed by atoms with E-state index in [1.165, 1.54) is 5.01 Å². The lowest BCUT2D eigenvalue weighted by Gasteiger charge is -2.18. The molecule has 2 heterocycles. The average molecular weight is 359 g/mol. The van der Waals surface area contributed by atoms with Crippen LogP contribution in [0.5, 0.6) is 0 Å². The fourth-order valence-corrected chi connectivity index (χ4v) is 2.94. The number of allylic oxidation sites excluding steroid dienone is 1. The number of benzene rings is 2. The van der Waals surface area contributed by atoms with Crippen molar-refractivity contribution in [2.75, 3.05) is 0 Å². The molecule has 27 heavy (non-hydrogen) atoms. The number of aromatic nitrogens is 3. The molecule has 2 aromatic carbocycles. The third-order valence-electron chi connectivity index (χ3n) is 4.16. The second kappa shape index (κ2) is 7.05. The molecule has 0 saturated carbocycles. The van der Waals surface area contributed by atoms with Gasteiger partial charge in [-0.2, -0.15) is 0 Å². The summed E-state index contributed by atoms with van der Waals surface area (Å²) in [6.07, 6.45) is 2.02. The molecule has 0 radical (unpaired) electrons. The van der Waals surface area contributed by atoms with E-state index in [4.69, 9.17) is 5.84 Å². The first kappa shape index (κ1) is 17.0. The fraction of sp³-hybridized carbons (Fsp3) is 0.150. The predicted octanol–water partition coefficient (Wildman–Crippen LogP) is 3.01. The SMILES string of the molecule is CC(C)/C=C1/NN=C(n2c(-c3ccccc3)nnc2-c2ccccc2)N1N. The molecule has 4 rings (SSSR count). The zero-order valence-electron chi connectivity index (χ0n) is 15.2. The monoisotopic (exact) mass is 359 g/mol. The van der Waals surface area contributed by atoms with Crippen LogP contribution in [0.3, 0.4) is 0 Å². The van der Waals surface area contributed by atoms with E-state index >= 15 is 0 Å². The van der Waals surface area contributed by atoms with Crippen molar-refractivity contribution in [3.63, 3.8) is 0 Å². The van der Waals surface area contributed by atoms with Gasteiger partial charge in [0.25, 0.3) is 5.96 Å². The Bertz CT molecular complexity index is 931. The molecule has 0 bridgehead atoms. The van der Waals surface area contributed by atoms with E-state index in [1.807, 2.05) is 71.3 Å². The summed E-state index contributed by atoms with van der Waals surface area (Å²) in [5, 5.41) is 14.8. The highest BCUT2D eigenvalue weighted by Crippen LogP contribution is 2.26. The molecule has 1 aliphatic rings. The Hall–Kier alpha value is -3.45. The zero-order valence-corrected chi connectivity index (χ0v) is 15.2. The largest absolute Gasteiger partial charge is 0.258 e. The number of nitrogens with one attached hydrogen (secondary N) is 1. The van der Waals surface area contributed by atoms with Crippen LogP contribution in [0.1, 0.15) is 13.8 Å². The van der Waals surface area contributed by atoms with Gasteiger partial charge in [0, 0.05) is 11.1 Å². The highest BCUT2D eigenvalue weighted by molar-refractivity contribution is 5.91. The number of hydrogen-bond donors (Lipinski definition) is 2. The summed E-state index contributed by atoms with van der Waals surface area (Å²) >= 11 is 0. The van der Waals surface area contributed by atoms with Gasteiger partial charge in [-0.15, -0.1) is 15.3 Å². The van der Waals surface area contributed by atoms with Gasteiger partial charge in [0.05, 0.1) is 0 Å². The third kappa shape index (κ3) is 3.20. The Morgan fingerprint density at radius 2 is 1.41 bits per heavy atom. The highest BCUT2D eigenvalue weighted by atomic mass is 15.7. The minimum Gasteiger partial charge on any atom is -0.258 e. The first-order chi connectivity index (χ1) is 13.1. The van der Waals surface area contributed by atoms with Crippen LogP contribution in [-0.2, 0) is 0 Å². The number of hydrazone groups is 1. The first-order valence-electron chi connectivity index (χ1n) is 8.82. The van der Waals surface area contributed by atoms with Gasteiger partial charge in [0.15, 0.2) is 11.6 Å². The van der Waals surface area contributed by atoms with E-state index in [0.717, 1.165) is 16.9 Å². The van der Waals surface area contributed by atoms with Gasteiger partial charge in [0.1, 0.15) is 5.82 Å². The van der Waals surface area contributed by atoms with Crippen LogP contribution in [0.15, 0.2) is 77.7 Å². The maximum Gasteiger partial charge on any atom is 0.251 e. The maximum absolute atomic E-state index is 6.35. The number of nitrogens with zero attached hydrogens (tertiary/aromatic N) is 5. The van der Waals surface area contributed by atoms with E-state index in [1.54, 1.807) is 0 Å². The van der Waals surface area contributed by atoms with E-state index in [9.17, 15) is 0 Å². The number of hydrogen-bond acceptors (Lipinski definition) is 6. The molecule has 0 unspecified atom stereocenters. The van der Waals surface area contributed by atoms with Gasteiger partial charge in [0.2, 0.25) is 0 Å². The van der Waals surface area contributed by atoms with Crippen molar-refractivity contribution in [1.82, 2.24) is 25.2 Å². The van der Waals surface area contributed by atoms with Crippen molar-refractivity contribution in [3.8, 4) is 22.8 Å². The summed E-state index contributed by atoms with van der Waals surface area (Å²) in [6.45, 7) is 4.17. The summed E-state index contributed by atoms with van der Waals surface area (Å²) in [4.78, 5) is 0. The van der Waals surface area contributed by atoms with Crippen molar-refractivity contribution < 1.29 is 0 Å². The molecule has 0 aliphatic carbocycles. The maximum atomic E-state index is 6.35. The van der Waals surface area contributed by atoms with Crippen LogP contribution in [0.4, 0.5) is 0 Å². The summed E-state index contributed by atoms with van der Waals surface area (Å²) in [7, 11) is 0. The molecule has 3 aromatic rings. The minimum atomic E-state index is 0.330. The molecule has 1 aliphatic heterocycles. The van der Waals surface area contributed by atoms with Crippen molar-refractivity contribution in [2.24, 2.45) is 16.9 Å². The molecule has 0 saturated heterocycles. The smallest absolute Gasteiger partial charge is 0.251 e. The molecule has 7 nitrogen and oxygen atoms in total. The van der Waals surface area contributed by atoms with Crippen molar-refractivity contribution >= 4 is 5.96 Å². The predicted molar refractivity (Wildman–Crippen MR) is 106 cm³/mol. The molecular formula is C20H21N7. The molecular weight excluding hydrogens is 338 g/mol. The van der Waals surface area contributed by atoms with Gasteiger partial charge in [-0.25, -0.2) is 15.4 Å². The van der Waals surface area contributed by atoms with E-state index in [0.29, 0.717) is 23.5 Å². The summed E-state index contributed by atoms with van der Waals surface area (Å²) < 4.78 is 1.87. The van der Waals surface area contributed by atoms with Crippen LogP contribution < -0.4 is 11.3 Å². The van der Waals surface area contributed by atoms with Crippen molar-refractivity contribution in [1.29, 1.82) is 0 Å². The highest BCUT2D eigenvalue weighted by Gasteiger charge is 2.28. The molecule has 0 fully saturated rings. The zero-order chi connectivity index (χ0) is 18.8. The second-order valence-corrected chi connectivity index (χ2v) is 6.60. The molecule has 136 valence electrons. The van der Waals surface area contributed by atoms with Gasteiger partial charge in [-0.3, -0.25) is 5.43 Å². The van der Waals surface area contributed by atoms with Crippen LogP contribution in [0.2, 0.25) is 0 Å². The van der Waals surface area contributed by atoms with Gasteiger partial charge < -0.3 is 0 Å². The van der Waals surface area contributed by atoms with Crippen molar-refractivity contribution in [2.45, 2.75) is 13.8 Å². The van der Waals surface area contributed by atoms with Gasteiger partial charge in [-0.05, 0) is 12.0 Å². The fourth-order valence-electron chi connectivity index (χ4n) is 2.94. The van der Waals surface area contributed by atoms with Crippen LogP contribution in [0, 0.1) is 5.92 Å². The second-order valence-electron chi connectivity index (χ2n) is 6.60. The minimum absolute atomic E-state index is 0.330. The summed E-state index contributed by atoms with van der Waals surface area (Å²) in [6, 6.07) is 19.8. The Balaban J connectivity index is 1.87. The normalized spacial score (nSPS) is 15.3. The number of hydrazine groups is 1. The standard InChI is InChI=1S/C20H21N7/c1-14(2)13-17-22-25-20(27(17)21)26-18(15-9-5-3-6-10-15)23-24-19(26)16-11-7-4-8-12-16/h3-14,22H,21H2,1-2H3/b17-13-. The van der Waals surface area contributed by atoms with Gasteiger partial charge >= 0.3 is 0 Å².